The Labute approximate surface area is 94.0 Å². The summed E-state index contributed by atoms with van der Waals surface area (Å²) in [5, 5.41) is 4.18. The van der Waals surface area contributed by atoms with Gasteiger partial charge in [-0.3, -0.25) is 0 Å². The summed E-state index contributed by atoms with van der Waals surface area (Å²) < 4.78 is 5.92. The number of aromatic nitrogens is 1. The molecule has 5 heteroatoms. The van der Waals surface area contributed by atoms with Gasteiger partial charge in [-0.25, -0.2) is 0 Å². The van der Waals surface area contributed by atoms with Crippen LogP contribution < -0.4 is 5.73 Å². The van der Waals surface area contributed by atoms with E-state index >= 15 is 0 Å². The third kappa shape index (κ3) is 1.63. The molecule has 0 aliphatic heterocycles. The highest BCUT2D eigenvalue weighted by molar-refractivity contribution is 9.10. The number of anilines is 1. The van der Waals surface area contributed by atoms with Crippen LogP contribution in [0.25, 0.3) is 11.3 Å². The van der Waals surface area contributed by atoms with Crippen molar-refractivity contribution < 1.29 is 4.52 Å². The fraction of sp³-hybridized carbons (Fsp3) is 0. The molecule has 2 aromatic rings. The van der Waals surface area contributed by atoms with E-state index in [0.29, 0.717) is 16.5 Å². The summed E-state index contributed by atoms with van der Waals surface area (Å²) in [5.74, 6) is 0.497. The Morgan fingerprint density at radius 1 is 1.43 bits per heavy atom. The van der Waals surface area contributed by atoms with Crippen LogP contribution in [0.5, 0.6) is 0 Å². The maximum atomic E-state index is 6.00. The Hall–Kier alpha value is -1.000. The van der Waals surface area contributed by atoms with Crippen molar-refractivity contribution in [3.8, 4) is 11.3 Å². The molecule has 0 aliphatic carbocycles. The topological polar surface area (TPSA) is 52.0 Å². The van der Waals surface area contributed by atoms with E-state index in [0.717, 1.165) is 10.0 Å². The molecule has 0 spiro atoms. The highest BCUT2D eigenvalue weighted by Gasteiger charge is 2.11. The van der Waals surface area contributed by atoms with Gasteiger partial charge in [0.2, 0.25) is 0 Å². The number of nitrogen functional groups attached to an aromatic ring is 1. The lowest BCUT2D eigenvalue weighted by Crippen LogP contribution is -1.85. The van der Waals surface area contributed by atoms with Crippen molar-refractivity contribution >= 4 is 33.2 Å². The minimum Gasteiger partial charge on any atom is -0.394 e. The summed E-state index contributed by atoms with van der Waals surface area (Å²) in [4.78, 5) is 0. The van der Waals surface area contributed by atoms with Gasteiger partial charge in [0.1, 0.15) is 5.69 Å². The van der Waals surface area contributed by atoms with Crippen LogP contribution in [-0.4, -0.2) is 5.16 Å². The predicted molar refractivity (Wildman–Crippen MR) is 59.1 cm³/mol. The maximum absolute atomic E-state index is 6.00. The average molecular weight is 274 g/mol. The molecule has 0 saturated heterocycles. The standard InChI is InChI=1S/C9H6BrClN2O/c10-5-1-2-7(11)6(3-5)9-8(12)4-13-14-9/h1-4H,12H2. The van der Waals surface area contributed by atoms with E-state index in [1.807, 2.05) is 12.1 Å². The minimum absolute atomic E-state index is 0.477. The smallest absolute Gasteiger partial charge is 0.191 e. The number of nitrogens with zero attached hydrogens (tertiary/aromatic N) is 1. The van der Waals surface area contributed by atoms with Gasteiger partial charge in [0.15, 0.2) is 5.76 Å². The molecular weight excluding hydrogens is 267 g/mol. The second-order valence-electron chi connectivity index (χ2n) is 2.73. The summed E-state index contributed by atoms with van der Waals surface area (Å²) in [6, 6.07) is 5.44. The molecule has 2 rings (SSSR count). The van der Waals surface area contributed by atoms with E-state index in [9.17, 15) is 0 Å². The first-order chi connectivity index (χ1) is 6.68. The lowest BCUT2D eigenvalue weighted by atomic mass is 10.1. The number of halogens is 2. The van der Waals surface area contributed by atoms with Gasteiger partial charge in [-0.15, -0.1) is 0 Å². The summed E-state index contributed by atoms with van der Waals surface area (Å²) in [7, 11) is 0. The SMILES string of the molecule is Nc1cnoc1-c1cc(Br)ccc1Cl. The lowest BCUT2D eigenvalue weighted by Gasteiger charge is -2.01. The van der Waals surface area contributed by atoms with Crippen LogP contribution in [-0.2, 0) is 0 Å². The fourth-order valence-corrected chi connectivity index (χ4v) is 1.69. The largest absolute Gasteiger partial charge is 0.394 e. The lowest BCUT2D eigenvalue weighted by molar-refractivity contribution is 0.432. The summed E-state index contributed by atoms with van der Waals surface area (Å²) in [6.07, 6.45) is 1.45. The van der Waals surface area contributed by atoms with E-state index in [4.69, 9.17) is 21.9 Å². The normalized spacial score (nSPS) is 10.4. The van der Waals surface area contributed by atoms with Crippen molar-refractivity contribution in [1.29, 1.82) is 0 Å². The molecule has 0 bridgehead atoms. The number of benzene rings is 1. The number of hydrogen-bond donors (Lipinski definition) is 1. The Kier molecular flexibility index (Phi) is 2.48. The van der Waals surface area contributed by atoms with E-state index < -0.39 is 0 Å². The average Bonchev–Trinajstić information content (AvgIpc) is 2.56. The Morgan fingerprint density at radius 2 is 2.21 bits per heavy atom. The monoisotopic (exact) mass is 272 g/mol. The van der Waals surface area contributed by atoms with Gasteiger partial charge in [0.05, 0.1) is 11.2 Å². The van der Waals surface area contributed by atoms with Crippen LogP contribution in [0.3, 0.4) is 0 Å². The molecule has 3 nitrogen and oxygen atoms in total. The zero-order valence-electron chi connectivity index (χ0n) is 7.00. The maximum Gasteiger partial charge on any atom is 0.191 e. The van der Waals surface area contributed by atoms with Crippen LogP contribution in [0.15, 0.2) is 33.4 Å². The van der Waals surface area contributed by atoms with Crippen molar-refractivity contribution in [3.63, 3.8) is 0 Å². The molecule has 0 atom stereocenters. The molecule has 14 heavy (non-hydrogen) atoms. The molecule has 72 valence electrons. The van der Waals surface area contributed by atoms with Gasteiger partial charge in [-0.1, -0.05) is 32.7 Å². The van der Waals surface area contributed by atoms with Gasteiger partial charge in [-0.2, -0.15) is 0 Å². The zero-order valence-corrected chi connectivity index (χ0v) is 9.34. The van der Waals surface area contributed by atoms with Crippen molar-refractivity contribution in [3.05, 3.63) is 33.9 Å². The Morgan fingerprint density at radius 3 is 2.86 bits per heavy atom. The molecule has 1 aromatic heterocycles. The minimum atomic E-state index is 0.477. The highest BCUT2D eigenvalue weighted by atomic mass is 79.9. The first-order valence-corrected chi connectivity index (χ1v) is 5.01. The van der Waals surface area contributed by atoms with Crippen molar-refractivity contribution in [2.24, 2.45) is 0 Å². The molecule has 1 heterocycles. The number of nitrogens with two attached hydrogens (primary N) is 1. The Balaban J connectivity index is 2.62. The van der Waals surface area contributed by atoms with Crippen molar-refractivity contribution in [2.75, 3.05) is 5.73 Å². The van der Waals surface area contributed by atoms with Gasteiger partial charge >= 0.3 is 0 Å². The summed E-state index contributed by atoms with van der Waals surface area (Å²) >= 11 is 9.34. The van der Waals surface area contributed by atoms with E-state index in [-0.39, 0.29) is 0 Å². The van der Waals surface area contributed by atoms with E-state index in [1.165, 1.54) is 6.20 Å². The second kappa shape index (κ2) is 3.63. The molecule has 0 radical (unpaired) electrons. The summed E-state index contributed by atoms with van der Waals surface area (Å²) in [5.41, 5.74) is 6.87. The molecule has 0 fully saturated rings. The first-order valence-electron chi connectivity index (χ1n) is 3.84. The van der Waals surface area contributed by atoms with Crippen LogP contribution >= 0.6 is 27.5 Å². The second-order valence-corrected chi connectivity index (χ2v) is 4.06. The van der Waals surface area contributed by atoms with E-state index in [2.05, 4.69) is 21.1 Å². The van der Waals surface area contributed by atoms with Crippen LogP contribution in [0.1, 0.15) is 0 Å². The fourth-order valence-electron chi connectivity index (χ4n) is 1.12. The molecule has 2 N–H and O–H groups in total. The van der Waals surface area contributed by atoms with Crippen LogP contribution in [0, 0.1) is 0 Å². The summed E-state index contributed by atoms with van der Waals surface area (Å²) in [6.45, 7) is 0. The molecule has 0 unspecified atom stereocenters. The quantitative estimate of drug-likeness (QED) is 0.867. The van der Waals surface area contributed by atoms with Gasteiger partial charge in [0, 0.05) is 10.0 Å². The highest BCUT2D eigenvalue weighted by Crippen LogP contribution is 2.33. The third-order valence-electron chi connectivity index (χ3n) is 1.77. The third-order valence-corrected chi connectivity index (χ3v) is 2.59. The molecular formula is C9H6BrClN2O. The van der Waals surface area contributed by atoms with Crippen molar-refractivity contribution in [2.45, 2.75) is 0 Å². The zero-order chi connectivity index (χ0) is 10.1. The number of hydrogen-bond acceptors (Lipinski definition) is 3. The van der Waals surface area contributed by atoms with Crippen LogP contribution in [0.2, 0.25) is 5.02 Å². The van der Waals surface area contributed by atoms with E-state index in [1.54, 1.807) is 6.07 Å². The Bertz CT molecular complexity index is 470. The predicted octanol–water partition coefficient (Wildman–Crippen LogP) is 3.34. The van der Waals surface area contributed by atoms with Gasteiger partial charge in [-0.05, 0) is 18.2 Å². The molecule has 0 saturated carbocycles. The first kappa shape index (κ1) is 9.55. The van der Waals surface area contributed by atoms with Gasteiger partial charge < -0.3 is 10.3 Å². The number of rotatable bonds is 1. The van der Waals surface area contributed by atoms with Gasteiger partial charge in [0.25, 0.3) is 0 Å². The van der Waals surface area contributed by atoms with Crippen LogP contribution in [0.4, 0.5) is 5.69 Å². The molecule has 1 aromatic carbocycles. The van der Waals surface area contributed by atoms with Crippen molar-refractivity contribution in [1.82, 2.24) is 5.16 Å². The molecule has 0 amide bonds. The molecule has 0 aliphatic rings.